The Morgan fingerprint density at radius 1 is 1.44 bits per heavy atom. The van der Waals surface area contributed by atoms with E-state index < -0.39 is 22.9 Å². The van der Waals surface area contributed by atoms with Gasteiger partial charge in [0, 0.05) is 17.8 Å². The third kappa shape index (κ3) is 2.54. The maximum atomic E-state index is 13.1. The third-order valence-corrected chi connectivity index (χ3v) is 4.01. The molecule has 0 saturated carbocycles. The first kappa shape index (κ1) is 13.0. The van der Waals surface area contributed by atoms with Crippen LogP contribution in [0.25, 0.3) is 0 Å². The van der Waals surface area contributed by atoms with Crippen LogP contribution in [0.1, 0.15) is 4.88 Å². The van der Waals surface area contributed by atoms with E-state index in [0.29, 0.717) is 6.42 Å². The van der Waals surface area contributed by atoms with Gasteiger partial charge in [-0.3, -0.25) is 14.3 Å². The number of nitrogens with one attached hydrogen (secondary N) is 1. The van der Waals surface area contributed by atoms with E-state index in [4.69, 9.17) is 0 Å². The second-order valence-electron chi connectivity index (χ2n) is 3.50. The van der Waals surface area contributed by atoms with Crippen molar-refractivity contribution in [1.82, 2.24) is 9.55 Å². The molecule has 0 unspecified atom stereocenters. The van der Waals surface area contributed by atoms with E-state index in [1.54, 1.807) is 4.98 Å². The lowest BCUT2D eigenvalue weighted by Gasteiger charge is -2.06. The van der Waals surface area contributed by atoms with Gasteiger partial charge in [0.05, 0.1) is 3.79 Å². The number of aryl methyl sites for hydroxylation is 1. The minimum atomic E-state index is -1.35. The molecule has 2 aromatic heterocycles. The van der Waals surface area contributed by atoms with Crippen LogP contribution in [0.2, 0.25) is 0 Å². The second kappa shape index (κ2) is 5.07. The van der Waals surface area contributed by atoms with Crippen LogP contribution in [0.4, 0.5) is 4.39 Å². The van der Waals surface area contributed by atoms with E-state index in [1.165, 1.54) is 11.3 Å². The molecule has 0 aliphatic rings. The van der Waals surface area contributed by atoms with E-state index >= 15 is 0 Å². The van der Waals surface area contributed by atoms with Crippen LogP contribution in [0, 0.1) is 5.82 Å². The number of aromatic nitrogens is 2. The summed E-state index contributed by atoms with van der Waals surface area (Å²) in [7, 11) is 0. The Balaban J connectivity index is 2.27. The zero-order valence-corrected chi connectivity index (χ0v) is 11.3. The Bertz CT molecular complexity index is 691. The lowest BCUT2D eigenvalue weighted by Crippen LogP contribution is -2.32. The fraction of sp³-hybridized carbons (Fsp3) is 0.200. The predicted octanol–water partition coefficient (Wildman–Crippen LogP) is 1.45. The van der Waals surface area contributed by atoms with Gasteiger partial charge in [-0.25, -0.2) is 4.79 Å². The molecule has 0 bridgehead atoms. The molecular weight excluding hydrogens is 327 g/mol. The highest BCUT2D eigenvalue weighted by molar-refractivity contribution is 9.11. The van der Waals surface area contributed by atoms with Gasteiger partial charge in [0.2, 0.25) is 11.7 Å². The van der Waals surface area contributed by atoms with Crippen molar-refractivity contribution < 1.29 is 9.50 Å². The van der Waals surface area contributed by atoms with E-state index in [2.05, 4.69) is 15.9 Å². The Morgan fingerprint density at radius 3 is 2.78 bits per heavy atom. The molecule has 0 amide bonds. The minimum Gasteiger partial charge on any atom is -0.492 e. The van der Waals surface area contributed by atoms with E-state index in [1.807, 2.05) is 12.1 Å². The highest BCUT2D eigenvalue weighted by Gasteiger charge is 2.13. The number of nitrogens with zero attached hydrogens (tertiary/aromatic N) is 1. The van der Waals surface area contributed by atoms with Crippen molar-refractivity contribution >= 4 is 27.3 Å². The summed E-state index contributed by atoms with van der Waals surface area (Å²) >= 11 is 4.78. The van der Waals surface area contributed by atoms with Crippen LogP contribution in [0.5, 0.6) is 5.88 Å². The van der Waals surface area contributed by atoms with Crippen LogP contribution in [0.15, 0.2) is 25.5 Å². The summed E-state index contributed by atoms with van der Waals surface area (Å²) in [5, 5.41) is 9.40. The zero-order chi connectivity index (χ0) is 13.3. The first-order valence-electron chi connectivity index (χ1n) is 4.95. The highest BCUT2D eigenvalue weighted by Crippen LogP contribution is 2.22. The third-order valence-electron chi connectivity index (χ3n) is 2.33. The summed E-state index contributed by atoms with van der Waals surface area (Å²) in [5.41, 5.74) is -2.04. The van der Waals surface area contributed by atoms with E-state index in [9.17, 15) is 19.1 Å². The molecule has 96 valence electrons. The number of thiophene rings is 1. The Labute approximate surface area is 113 Å². The molecular formula is C10H8BrFN2O3S. The highest BCUT2D eigenvalue weighted by atomic mass is 79.9. The molecule has 5 nitrogen and oxygen atoms in total. The average Bonchev–Trinajstić information content (AvgIpc) is 2.72. The van der Waals surface area contributed by atoms with Gasteiger partial charge in [0.1, 0.15) is 0 Å². The topological polar surface area (TPSA) is 75.1 Å². The lowest BCUT2D eigenvalue weighted by molar-refractivity contribution is 0.360. The molecule has 0 saturated heterocycles. The van der Waals surface area contributed by atoms with Crippen LogP contribution < -0.4 is 11.2 Å². The summed E-state index contributed by atoms with van der Waals surface area (Å²) in [5.74, 6) is -2.28. The molecule has 8 heteroatoms. The standard InChI is InChI=1S/C10H8BrFN2O3S/c11-6-2-1-5(18-6)3-4-14-9(16)7(12)8(15)13-10(14)17/h1-2,16H,3-4H2,(H,13,15,17). The molecule has 0 radical (unpaired) electrons. The smallest absolute Gasteiger partial charge is 0.331 e. The van der Waals surface area contributed by atoms with Crippen molar-refractivity contribution in [2.24, 2.45) is 0 Å². The summed E-state index contributed by atoms with van der Waals surface area (Å²) in [6, 6.07) is 3.72. The van der Waals surface area contributed by atoms with Crippen LogP contribution in [-0.4, -0.2) is 14.7 Å². The van der Waals surface area contributed by atoms with E-state index in [0.717, 1.165) is 13.2 Å². The number of hydrogen-bond acceptors (Lipinski definition) is 4. The molecule has 2 aromatic rings. The fourth-order valence-corrected chi connectivity index (χ4v) is 2.92. The quantitative estimate of drug-likeness (QED) is 0.892. The monoisotopic (exact) mass is 334 g/mol. The summed E-state index contributed by atoms with van der Waals surface area (Å²) < 4.78 is 14.9. The number of rotatable bonds is 3. The molecule has 2 heterocycles. The average molecular weight is 335 g/mol. The second-order valence-corrected chi connectivity index (χ2v) is 6.05. The summed E-state index contributed by atoms with van der Waals surface area (Å²) in [6.45, 7) is 0.0886. The molecule has 0 spiro atoms. The molecule has 0 fully saturated rings. The van der Waals surface area contributed by atoms with Gasteiger partial charge in [-0.05, 0) is 28.1 Å². The van der Waals surface area contributed by atoms with Crippen LogP contribution >= 0.6 is 27.3 Å². The van der Waals surface area contributed by atoms with Crippen LogP contribution in [-0.2, 0) is 13.0 Å². The first-order chi connectivity index (χ1) is 8.49. The van der Waals surface area contributed by atoms with E-state index in [-0.39, 0.29) is 6.54 Å². The number of aromatic hydroxyl groups is 1. The van der Waals surface area contributed by atoms with Gasteiger partial charge in [0.15, 0.2) is 0 Å². The van der Waals surface area contributed by atoms with Gasteiger partial charge in [-0.15, -0.1) is 11.3 Å². The molecule has 2 N–H and O–H groups in total. The van der Waals surface area contributed by atoms with Crippen molar-refractivity contribution in [2.45, 2.75) is 13.0 Å². The molecule has 0 aliphatic carbocycles. The number of halogens is 2. The Morgan fingerprint density at radius 2 is 2.17 bits per heavy atom. The molecule has 2 rings (SSSR count). The molecule has 18 heavy (non-hydrogen) atoms. The summed E-state index contributed by atoms with van der Waals surface area (Å²) in [4.78, 5) is 25.1. The minimum absolute atomic E-state index is 0.0886. The van der Waals surface area contributed by atoms with Gasteiger partial charge in [0.25, 0.3) is 5.56 Å². The zero-order valence-electron chi connectivity index (χ0n) is 8.94. The van der Waals surface area contributed by atoms with Crippen molar-refractivity contribution in [1.29, 1.82) is 0 Å². The van der Waals surface area contributed by atoms with Crippen molar-refractivity contribution in [3.8, 4) is 5.88 Å². The predicted molar refractivity (Wildman–Crippen MR) is 68.7 cm³/mol. The van der Waals surface area contributed by atoms with Crippen molar-refractivity contribution in [3.63, 3.8) is 0 Å². The van der Waals surface area contributed by atoms with Crippen molar-refractivity contribution in [2.75, 3.05) is 0 Å². The number of hydrogen-bond donors (Lipinski definition) is 2. The largest absolute Gasteiger partial charge is 0.492 e. The van der Waals surface area contributed by atoms with Crippen LogP contribution in [0.3, 0.4) is 0 Å². The molecule has 0 aromatic carbocycles. The SMILES string of the molecule is O=c1[nH]c(=O)n(CCc2ccc(Br)s2)c(O)c1F. The van der Waals surface area contributed by atoms with Crippen molar-refractivity contribution in [3.05, 3.63) is 47.5 Å². The summed E-state index contributed by atoms with van der Waals surface area (Å²) in [6.07, 6.45) is 0.454. The first-order valence-corrected chi connectivity index (χ1v) is 6.56. The van der Waals surface area contributed by atoms with Gasteiger partial charge < -0.3 is 5.11 Å². The maximum Gasteiger partial charge on any atom is 0.331 e. The number of aromatic amines is 1. The maximum absolute atomic E-state index is 13.1. The Hall–Kier alpha value is -1.41. The fourth-order valence-electron chi connectivity index (χ4n) is 1.45. The van der Waals surface area contributed by atoms with Gasteiger partial charge in [-0.1, -0.05) is 0 Å². The number of H-pyrrole nitrogens is 1. The normalized spacial score (nSPS) is 10.8. The molecule has 0 aliphatic heterocycles. The van der Waals surface area contributed by atoms with Gasteiger partial charge in [-0.2, -0.15) is 4.39 Å². The lowest BCUT2D eigenvalue weighted by atomic mass is 10.3. The molecule has 0 atom stereocenters. The van der Waals surface area contributed by atoms with Gasteiger partial charge >= 0.3 is 5.69 Å². The Kier molecular flexibility index (Phi) is 3.67.